The lowest BCUT2D eigenvalue weighted by atomic mass is 10.2. The highest BCUT2D eigenvalue weighted by molar-refractivity contribution is 6.35. The van der Waals surface area contributed by atoms with Crippen molar-refractivity contribution < 1.29 is 14.2 Å². The Bertz CT molecular complexity index is 416. The van der Waals surface area contributed by atoms with Gasteiger partial charge in [0.05, 0.1) is 24.8 Å². The Labute approximate surface area is 136 Å². The van der Waals surface area contributed by atoms with Crippen LogP contribution in [-0.2, 0) is 16.0 Å². The van der Waals surface area contributed by atoms with Gasteiger partial charge >= 0.3 is 0 Å². The summed E-state index contributed by atoms with van der Waals surface area (Å²) in [5, 5.41) is 4.40. The molecule has 0 bridgehead atoms. The second kappa shape index (κ2) is 11.1. The molecule has 0 aromatic heterocycles. The molecule has 1 N–H and O–H groups in total. The summed E-state index contributed by atoms with van der Waals surface area (Å²) in [4.78, 5) is 0. The van der Waals surface area contributed by atoms with E-state index in [1.54, 1.807) is 13.2 Å². The molecular formula is C15H23Cl2NO3. The first-order valence-corrected chi connectivity index (χ1v) is 7.82. The Kier molecular flexibility index (Phi) is 9.79. The van der Waals surface area contributed by atoms with Gasteiger partial charge in [-0.15, -0.1) is 0 Å². The minimum Gasteiger partial charge on any atom is -0.492 e. The molecule has 0 unspecified atom stereocenters. The van der Waals surface area contributed by atoms with Crippen LogP contribution < -0.4 is 10.1 Å². The summed E-state index contributed by atoms with van der Waals surface area (Å²) in [7, 11) is 1.65. The number of benzene rings is 1. The Morgan fingerprint density at radius 3 is 2.62 bits per heavy atom. The third kappa shape index (κ3) is 7.34. The van der Waals surface area contributed by atoms with E-state index in [-0.39, 0.29) is 0 Å². The average molecular weight is 336 g/mol. The molecule has 21 heavy (non-hydrogen) atoms. The van der Waals surface area contributed by atoms with Crippen molar-refractivity contribution in [3.63, 3.8) is 0 Å². The van der Waals surface area contributed by atoms with E-state index in [1.165, 1.54) is 0 Å². The fourth-order valence-corrected chi connectivity index (χ4v) is 2.34. The average Bonchev–Trinajstić information content (AvgIpc) is 2.46. The van der Waals surface area contributed by atoms with Gasteiger partial charge in [0.15, 0.2) is 0 Å². The molecule has 0 fully saturated rings. The maximum absolute atomic E-state index is 6.21. The van der Waals surface area contributed by atoms with Crippen molar-refractivity contribution in [3.05, 3.63) is 27.7 Å². The van der Waals surface area contributed by atoms with E-state index in [1.807, 2.05) is 13.0 Å². The van der Waals surface area contributed by atoms with E-state index in [0.29, 0.717) is 48.8 Å². The van der Waals surface area contributed by atoms with Gasteiger partial charge in [-0.3, -0.25) is 0 Å². The van der Waals surface area contributed by atoms with Gasteiger partial charge in [0.25, 0.3) is 0 Å². The van der Waals surface area contributed by atoms with Gasteiger partial charge in [0.2, 0.25) is 0 Å². The molecule has 0 atom stereocenters. The predicted octanol–water partition coefficient (Wildman–Crippen LogP) is 3.53. The van der Waals surface area contributed by atoms with Crippen molar-refractivity contribution in [2.24, 2.45) is 0 Å². The van der Waals surface area contributed by atoms with Crippen molar-refractivity contribution in [2.75, 3.05) is 40.1 Å². The van der Waals surface area contributed by atoms with Gasteiger partial charge in [-0.25, -0.2) is 0 Å². The molecule has 1 aromatic rings. The van der Waals surface area contributed by atoms with Crippen LogP contribution in [-0.4, -0.2) is 40.1 Å². The van der Waals surface area contributed by atoms with E-state index in [0.717, 1.165) is 18.5 Å². The fourth-order valence-electron chi connectivity index (χ4n) is 1.75. The van der Waals surface area contributed by atoms with E-state index in [9.17, 15) is 0 Å². The smallest absolute Gasteiger partial charge is 0.142 e. The van der Waals surface area contributed by atoms with Crippen molar-refractivity contribution in [1.82, 2.24) is 5.32 Å². The van der Waals surface area contributed by atoms with Gasteiger partial charge in [0, 0.05) is 37.3 Å². The minimum absolute atomic E-state index is 0.538. The lowest BCUT2D eigenvalue weighted by Crippen LogP contribution is -2.14. The number of hydrogen-bond donors (Lipinski definition) is 1. The third-order valence-electron chi connectivity index (χ3n) is 2.76. The summed E-state index contributed by atoms with van der Waals surface area (Å²) in [6, 6.07) is 3.57. The van der Waals surface area contributed by atoms with Crippen LogP contribution in [0.15, 0.2) is 12.1 Å². The molecular weight excluding hydrogens is 313 g/mol. The maximum Gasteiger partial charge on any atom is 0.142 e. The van der Waals surface area contributed by atoms with Gasteiger partial charge in [-0.1, -0.05) is 30.1 Å². The van der Waals surface area contributed by atoms with Crippen molar-refractivity contribution in [1.29, 1.82) is 0 Å². The van der Waals surface area contributed by atoms with Crippen molar-refractivity contribution >= 4 is 23.2 Å². The normalized spacial score (nSPS) is 10.9. The number of ether oxygens (including phenoxy) is 3. The molecule has 0 aliphatic rings. The lowest BCUT2D eigenvalue weighted by molar-refractivity contribution is 0.0644. The number of hydrogen-bond acceptors (Lipinski definition) is 4. The minimum atomic E-state index is 0.538. The van der Waals surface area contributed by atoms with Crippen LogP contribution in [0.3, 0.4) is 0 Å². The first-order valence-electron chi connectivity index (χ1n) is 7.07. The molecule has 1 rings (SSSR count). The molecule has 4 nitrogen and oxygen atoms in total. The Hall–Kier alpha value is -0.520. The zero-order valence-corrected chi connectivity index (χ0v) is 14.1. The van der Waals surface area contributed by atoms with Crippen molar-refractivity contribution in [3.8, 4) is 5.75 Å². The first-order chi connectivity index (χ1) is 10.2. The van der Waals surface area contributed by atoms with Crippen LogP contribution in [0.5, 0.6) is 5.75 Å². The summed E-state index contributed by atoms with van der Waals surface area (Å²) >= 11 is 12.2. The molecule has 0 spiro atoms. The maximum atomic E-state index is 6.21. The van der Waals surface area contributed by atoms with Gasteiger partial charge in [-0.2, -0.15) is 0 Å². The summed E-state index contributed by atoms with van der Waals surface area (Å²) in [5.41, 5.74) is 0.967. The molecule has 0 saturated heterocycles. The molecule has 0 radical (unpaired) electrons. The van der Waals surface area contributed by atoms with Crippen molar-refractivity contribution in [2.45, 2.75) is 19.9 Å². The van der Waals surface area contributed by atoms with Crippen LogP contribution in [0.1, 0.15) is 18.9 Å². The largest absolute Gasteiger partial charge is 0.492 e. The monoisotopic (exact) mass is 335 g/mol. The SMILES string of the molecule is CCNCc1cc(Cl)cc(Cl)c1OCCCOCCOC. The lowest BCUT2D eigenvalue weighted by Gasteiger charge is -2.14. The number of methoxy groups -OCH3 is 1. The molecule has 6 heteroatoms. The summed E-state index contributed by atoms with van der Waals surface area (Å²) in [6.07, 6.45) is 0.795. The molecule has 120 valence electrons. The highest BCUT2D eigenvalue weighted by Gasteiger charge is 2.10. The van der Waals surface area contributed by atoms with E-state index < -0.39 is 0 Å². The van der Waals surface area contributed by atoms with Gasteiger partial charge in [-0.05, 0) is 18.7 Å². The van der Waals surface area contributed by atoms with Gasteiger partial charge in [0.1, 0.15) is 5.75 Å². The van der Waals surface area contributed by atoms with Gasteiger partial charge < -0.3 is 19.5 Å². The fraction of sp³-hybridized carbons (Fsp3) is 0.600. The predicted molar refractivity (Wildman–Crippen MR) is 86.6 cm³/mol. The number of rotatable bonds is 11. The second-order valence-electron chi connectivity index (χ2n) is 4.46. The highest BCUT2D eigenvalue weighted by Crippen LogP contribution is 2.32. The zero-order valence-electron chi connectivity index (χ0n) is 12.6. The Morgan fingerprint density at radius 1 is 1.10 bits per heavy atom. The molecule has 0 heterocycles. The van der Waals surface area contributed by atoms with Crippen LogP contribution in [0.4, 0.5) is 0 Å². The second-order valence-corrected chi connectivity index (χ2v) is 5.31. The topological polar surface area (TPSA) is 39.7 Å². The van der Waals surface area contributed by atoms with E-state index in [2.05, 4.69) is 5.32 Å². The highest BCUT2D eigenvalue weighted by atomic mass is 35.5. The van der Waals surface area contributed by atoms with Crippen LogP contribution in [0.25, 0.3) is 0 Å². The number of halogens is 2. The first kappa shape index (κ1) is 18.5. The van der Waals surface area contributed by atoms with Crippen LogP contribution in [0.2, 0.25) is 10.0 Å². The third-order valence-corrected chi connectivity index (χ3v) is 3.26. The molecule has 1 aromatic carbocycles. The Morgan fingerprint density at radius 2 is 1.90 bits per heavy atom. The van der Waals surface area contributed by atoms with Crippen LogP contribution >= 0.6 is 23.2 Å². The van der Waals surface area contributed by atoms with E-state index in [4.69, 9.17) is 37.4 Å². The molecule has 0 amide bonds. The van der Waals surface area contributed by atoms with E-state index >= 15 is 0 Å². The summed E-state index contributed by atoms with van der Waals surface area (Å²) in [6.45, 7) is 5.99. The molecule has 0 saturated carbocycles. The standard InChI is InChI=1S/C15H23Cl2NO3/c1-3-18-11-12-9-13(16)10-14(17)15(12)21-6-4-5-20-8-7-19-2/h9-10,18H,3-8,11H2,1-2H3. The zero-order chi connectivity index (χ0) is 15.5. The van der Waals surface area contributed by atoms with Crippen LogP contribution in [0, 0.1) is 0 Å². The Balaban J connectivity index is 2.45. The number of nitrogens with one attached hydrogen (secondary N) is 1. The summed E-state index contributed by atoms with van der Waals surface area (Å²) < 4.78 is 16.1. The summed E-state index contributed by atoms with van der Waals surface area (Å²) in [5.74, 6) is 0.693. The molecule has 0 aliphatic carbocycles. The quantitative estimate of drug-likeness (QED) is 0.628. The molecule has 0 aliphatic heterocycles.